The van der Waals surface area contributed by atoms with Gasteiger partial charge >= 0.3 is 0 Å². The lowest BCUT2D eigenvalue weighted by Crippen LogP contribution is -2.45. The Hall–Kier alpha value is -2.64. The second-order valence-electron chi connectivity index (χ2n) is 6.41. The number of thiocarbonyl (C=S) groups is 1. The Morgan fingerprint density at radius 3 is 2.44 bits per heavy atom. The fourth-order valence-corrected chi connectivity index (χ4v) is 3.11. The van der Waals surface area contributed by atoms with Crippen LogP contribution < -0.4 is 20.3 Å². The molecule has 0 unspecified atom stereocenters. The van der Waals surface area contributed by atoms with Crippen LogP contribution in [0.3, 0.4) is 0 Å². The van der Waals surface area contributed by atoms with Crippen molar-refractivity contribution in [1.29, 1.82) is 0 Å². The lowest BCUT2D eigenvalue weighted by atomic mass is 10.2. The third kappa shape index (κ3) is 5.67. The summed E-state index contributed by atoms with van der Waals surface area (Å²) >= 11 is 5.30. The minimum Gasteiger partial charge on any atom is -0.484 e. The number of nitrogens with zero attached hydrogens (tertiary/aromatic N) is 2. The maximum atomic E-state index is 12.1. The fourth-order valence-electron chi connectivity index (χ4n) is 2.88. The van der Waals surface area contributed by atoms with E-state index in [1.807, 2.05) is 36.4 Å². The Bertz CT molecular complexity index is 777. The summed E-state index contributed by atoms with van der Waals surface area (Å²) in [5, 5.41) is 6.06. The van der Waals surface area contributed by atoms with Crippen LogP contribution in [0, 0.1) is 0 Å². The van der Waals surface area contributed by atoms with Crippen LogP contribution in [0.15, 0.2) is 54.6 Å². The number of anilines is 2. The van der Waals surface area contributed by atoms with E-state index in [0.29, 0.717) is 5.75 Å². The van der Waals surface area contributed by atoms with E-state index in [1.54, 1.807) is 12.1 Å². The molecule has 0 atom stereocenters. The molecule has 1 aliphatic heterocycles. The van der Waals surface area contributed by atoms with Gasteiger partial charge < -0.3 is 19.9 Å². The number of likely N-dealkylation sites (N-methyl/N-ethyl adjacent to an activating group) is 1. The summed E-state index contributed by atoms with van der Waals surface area (Å²) in [6, 6.07) is 17.2. The molecule has 0 spiro atoms. The zero-order valence-corrected chi connectivity index (χ0v) is 16.2. The minimum atomic E-state index is -0.298. The fraction of sp³-hybridized carbons (Fsp3) is 0.300. The molecule has 7 heteroatoms. The van der Waals surface area contributed by atoms with Crippen molar-refractivity contribution in [3.63, 3.8) is 0 Å². The van der Waals surface area contributed by atoms with Gasteiger partial charge in [0.15, 0.2) is 11.7 Å². The quantitative estimate of drug-likeness (QED) is 0.772. The first-order valence-electron chi connectivity index (χ1n) is 8.93. The van der Waals surface area contributed by atoms with E-state index in [9.17, 15) is 4.79 Å². The van der Waals surface area contributed by atoms with Gasteiger partial charge in [-0.1, -0.05) is 30.3 Å². The van der Waals surface area contributed by atoms with Gasteiger partial charge in [0.2, 0.25) is 0 Å². The van der Waals surface area contributed by atoms with Crippen molar-refractivity contribution < 1.29 is 9.53 Å². The Morgan fingerprint density at radius 1 is 1.04 bits per heavy atom. The van der Waals surface area contributed by atoms with Crippen LogP contribution in [0.5, 0.6) is 5.75 Å². The maximum Gasteiger partial charge on any atom is 0.264 e. The predicted octanol–water partition coefficient (Wildman–Crippen LogP) is 2.33. The van der Waals surface area contributed by atoms with Crippen LogP contribution in [0.25, 0.3) is 0 Å². The summed E-state index contributed by atoms with van der Waals surface area (Å²) < 4.78 is 5.44. The third-order valence-electron chi connectivity index (χ3n) is 4.36. The second kappa shape index (κ2) is 9.34. The number of hydrogen-bond acceptors (Lipinski definition) is 5. The van der Waals surface area contributed by atoms with Crippen molar-refractivity contribution in [1.82, 2.24) is 10.2 Å². The Labute approximate surface area is 165 Å². The molecule has 0 bridgehead atoms. The first-order valence-corrected chi connectivity index (χ1v) is 9.34. The summed E-state index contributed by atoms with van der Waals surface area (Å²) in [6.07, 6.45) is 0. The number of para-hydroxylation sites is 3. The van der Waals surface area contributed by atoms with Crippen LogP contribution in [0.4, 0.5) is 11.4 Å². The Balaban J connectivity index is 1.54. The molecular formula is C20H24N4O2S. The SMILES string of the molecule is CN1CCN(c2ccccc2NC(=S)NC(=O)COc2ccccc2)CC1. The number of benzene rings is 2. The van der Waals surface area contributed by atoms with E-state index < -0.39 is 0 Å². The Morgan fingerprint density at radius 2 is 1.70 bits per heavy atom. The number of nitrogens with one attached hydrogen (secondary N) is 2. The number of carbonyl (C=O) groups is 1. The van der Waals surface area contributed by atoms with Crippen molar-refractivity contribution in [2.24, 2.45) is 0 Å². The van der Waals surface area contributed by atoms with Gasteiger partial charge in [-0.15, -0.1) is 0 Å². The summed E-state index contributed by atoms with van der Waals surface area (Å²) in [6.45, 7) is 3.86. The average Bonchev–Trinajstić information content (AvgIpc) is 2.68. The first-order chi connectivity index (χ1) is 13.1. The molecule has 1 heterocycles. The van der Waals surface area contributed by atoms with Gasteiger partial charge in [0.05, 0.1) is 11.4 Å². The number of carbonyl (C=O) groups excluding carboxylic acids is 1. The number of piperazine rings is 1. The molecule has 0 aliphatic carbocycles. The Kier molecular flexibility index (Phi) is 6.62. The topological polar surface area (TPSA) is 56.8 Å². The summed E-state index contributed by atoms with van der Waals surface area (Å²) in [4.78, 5) is 16.7. The van der Waals surface area contributed by atoms with E-state index in [4.69, 9.17) is 17.0 Å². The number of hydrogen-bond donors (Lipinski definition) is 2. The molecule has 6 nitrogen and oxygen atoms in total. The lowest BCUT2D eigenvalue weighted by Gasteiger charge is -2.35. The molecule has 2 aromatic rings. The van der Waals surface area contributed by atoms with Crippen molar-refractivity contribution in [3.05, 3.63) is 54.6 Å². The minimum absolute atomic E-state index is 0.0913. The molecule has 27 heavy (non-hydrogen) atoms. The number of ether oxygens (including phenoxy) is 1. The molecule has 1 aliphatic rings. The first kappa shape index (κ1) is 19.1. The van der Waals surface area contributed by atoms with E-state index in [-0.39, 0.29) is 17.6 Å². The molecule has 0 saturated carbocycles. The van der Waals surface area contributed by atoms with Gasteiger partial charge in [-0.2, -0.15) is 0 Å². The van der Waals surface area contributed by atoms with Gasteiger partial charge in [0.25, 0.3) is 5.91 Å². The molecule has 3 rings (SSSR count). The van der Waals surface area contributed by atoms with Gasteiger partial charge in [-0.25, -0.2) is 0 Å². The van der Waals surface area contributed by atoms with Gasteiger partial charge in [-0.3, -0.25) is 10.1 Å². The molecule has 142 valence electrons. The number of amides is 1. The molecule has 1 amide bonds. The highest BCUT2D eigenvalue weighted by Crippen LogP contribution is 2.26. The average molecular weight is 385 g/mol. The molecule has 0 aromatic heterocycles. The molecule has 0 radical (unpaired) electrons. The summed E-state index contributed by atoms with van der Waals surface area (Å²) in [7, 11) is 2.13. The van der Waals surface area contributed by atoms with E-state index in [1.165, 1.54) is 0 Å². The van der Waals surface area contributed by atoms with E-state index >= 15 is 0 Å². The molecule has 2 aromatic carbocycles. The molecule has 1 fully saturated rings. The van der Waals surface area contributed by atoms with Crippen LogP contribution in [-0.4, -0.2) is 55.8 Å². The van der Waals surface area contributed by atoms with Crippen molar-refractivity contribution in [2.45, 2.75) is 0 Å². The van der Waals surface area contributed by atoms with E-state index in [0.717, 1.165) is 37.6 Å². The third-order valence-corrected chi connectivity index (χ3v) is 4.57. The molecule has 2 N–H and O–H groups in total. The van der Waals surface area contributed by atoms with Crippen molar-refractivity contribution in [3.8, 4) is 5.75 Å². The summed E-state index contributed by atoms with van der Waals surface area (Å²) in [5.74, 6) is 0.348. The zero-order chi connectivity index (χ0) is 19.1. The van der Waals surface area contributed by atoms with Gasteiger partial charge in [0.1, 0.15) is 5.75 Å². The van der Waals surface area contributed by atoms with Gasteiger partial charge in [-0.05, 0) is 43.5 Å². The highest BCUT2D eigenvalue weighted by atomic mass is 32.1. The maximum absolute atomic E-state index is 12.1. The molecule has 1 saturated heterocycles. The highest BCUT2D eigenvalue weighted by Gasteiger charge is 2.17. The van der Waals surface area contributed by atoms with E-state index in [2.05, 4.69) is 33.5 Å². The zero-order valence-electron chi connectivity index (χ0n) is 15.4. The van der Waals surface area contributed by atoms with Crippen LogP contribution in [0.1, 0.15) is 0 Å². The summed E-state index contributed by atoms with van der Waals surface area (Å²) in [5.41, 5.74) is 1.97. The normalized spacial score (nSPS) is 14.5. The predicted molar refractivity (Wildman–Crippen MR) is 112 cm³/mol. The van der Waals surface area contributed by atoms with Crippen LogP contribution in [-0.2, 0) is 4.79 Å². The van der Waals surface area contributed by atoms with Crippen molar-refractivity contribution >= 4 is 34.6 Å². The smallest absolute Gasteiger partial charge is 0.264 e. The largest absolute Gasteiger partial charge is 0.484 e. The standard InChI is InChI=1S/C20H24N4O2S/c1-23-11-13-24(14-12-23)18-10-6-5-9-17(18)21-20(27)22-19(25)15-26-16-7-3-2-4-8-16/h2-10H,11-15H2,1H3,(H2,21,22,25,27). The second-order valence-corrected chi connectivity index (χ2v) is 6.82. The number of rotatable bonds is 5. The van der Waals surface area contributed by atoms with Gasteiger partial charge in [0, 0.05) is 26.2 Å². The van der Waals surface area contributed by atoms with Crippen LogP contribution in [0.2, 0.25) is 0 Å². The monoisotopic (exact) mass is 384 g/mol. The van der Waals surface area contributed by atoms with Crippen molar-refractivity contribution in [2.75, 3.05) is 50.1 Å². The highest BCUT2D eigenvalue weighted by molar-refractivity contribution is 7.80. The lowest BCUT2D eigenvalue weighted by molar-refractivity contribution is -0.121. The van der Waals surface area contributed by atoms with Crippen LogP contribution >= 0.6 is 12.2 Å². The molecular weight excluding hydrogens is 360 g/mol.